The first-order valence-electron chi connectivity index (χ1n) is 7.83. The number of hydrogen-bond acceptors (Lipinski definition) is 4. The zero-order valence-corrected chi connectivity index (χ0v) is 12.8. The fourth-order valence-corrected chi connectivity index (χ4v) is 3.04. The van der Waals surface area contributed by atoms with Crippen LogP contribution in [0.2, 0.25) is 0 Å². The van der Waals surface area contributed by atoms with Gasteiger partial charge in [-0.1, -0.05) is 6.07 Å². The van der Waals surface area contributed by atoms with Crippen LogP contribution in [0.15, 0.2) is 36.5 Å². The Morgan fingerprint density at radius 1 is 1.09 bits per heavy atom. The summed E-state index contributed by atoms with van der Waals surface area (Å²) in [5, 5.41) is 0. The number of nitrogens with one attached hydrogen (secondary N) is 1. The largest absolute Gasteiger partial charge is 0.454 e. The van der Waals surface area contributed by atoms with Gasteiger partial charge in [0.2, 0.25) is 6.79 Å². The van der Waals surface area contributed by atoms with E-state index in [-0.39, 0.29) is 5.91 Å². The van der Waals surface area contributed by atoms with E-state index in [0.717, 1.165) is 44.2 Å². The molecule has 1 saturated heterocycles. The Balaban J connectivity index is 1.34. The van der Waals surface area contributed by atoms with Gasteiger partial charge in [-0.05, 0) is 29.8 Å². The number of benzene rings is 1. The molecule has 3 heterocycles. The molecule has 1 N–H and O–H groups in total. The van der Waals surface area contributed by atoms with Gasteiger partial charge in [0.25, 0.3) is 5.91 Å². The maximum atomic E-state index is 12.3. The van der Waals surface area contributed by atoms with Crippen LogP contribution >= 0.6 is 0 Å². The lowest BCUT2D eigenvalue weighted by molar-refractivity contribution is 0.0623. The lowest BCUT2D eigenvalue weighted by Crippen LogP contribution is -2.48. The molecule has 0 spiro atoms. The molecule has 0 unspecified atom stereocenters. The van der Waals surface area contributed by atoms with Crippen molar-refractivity contribution in [2.45, 2.75) is 6.54 Å². The van der Waals surface area contributed by atoms with Gasteiger partial charge in [-0.3, -0.25) is 9.69 Å². The van der Waals surface area contributed by atoms with Crippen LogP contribution < -0.4 is 9.47 Å². The quantitative estimate of drug-likeness (QED) is 0.937. The molecule has 120 valence electrons. The molecule has 4 rings (SSSR count). The molecular formula is C17H19N3O3. The second-order valence-corrected chi connectivity index (χ2v) is 5.84. The Morgan fingerprint density at radius 3 is 2.70 bits per heavy atom. The highest BCUT2D eigenvalue weighted by Crippen LogP contribution is 2.32. The zero-order valence-electron chi connectivity index (χ0n) is 12.8. The van der Waals surface area contributed by atoms with Crippen molar-refractivity contribution >= 4 is 5.91 Å². The second-order valence-electron chi connectivity index (χ2n) is 5.84. The fourth-order valence-electron chi connectivity index (χ4n) is 3.04. The fraction of sp³-hybridized carbons (Fsp3) is 0.353. The molecule has 23 heavy (non-hydrogen) atoms. The summed E-state index contributed by atoms with van der Waals surface area (Å²) in [5.74, 6) is 1.72. The Kier molecular flexibility index (Phi) is 3.67. The van der Waals surface area contributed by atoms with Crippen molar-refractivity contribution in [1.29, 1.82) is 0 Å². The third-order valence-corrected chi connectivity index (χ3v) is 4.33. The highest BCUT2D eigenvalue weighted by molar-refractivity contribution is 5.92. The van der Waals surface area contributed by atoms with Gasteiger partial charge in [0.05, 0.1) is 0 Å². The molecule has 0 radical (unpaired) electrons. The number of aromatic amines is 1. The van der Waals surface area contributed by atoms with E-state index >= 15 is 0 Å². The molecule has 2 aromatic rings. The van der Waals surface area contributed by atoms with E-state index in [1.165, 1.54) is 5.56 Å². The number of aromatic nitrogens is 1. The van der Waals surface area contributed by atoms with Crippen molar-refractivity contribution < 1.29 is 14.3 Å². The molecule has 6 nitrogen and oxygen atoms in total. The predicted octanol–water partition coefficient (Wildman–Crippen LogP) is 1.70. The molecule has 6 heteroatoms. The summed E-state index contributed by atoms with van der Waals surface area (Å²) in [6, 6.07) is 9.75. The highest BCUT2D eigenvalue weighted by atomic mass is 16.7. The van der Waals surface area contributed by atoms with Crippen molar-refractivity contribution in [2.75, 3.05) is 33.0 Å². The normalized spacial score (nSPS) is 17.5. The maximum absolute atomic E-state index is 12.3. The zero-order chi connectivity index (χ0) is 15.6. The van der Waals surface area contributed by atoms with E-state index < -0.39 is 0 Å². The van der Waals surface area contributed by atoms with Crippen LogP contribution in [-0.2, 0) is 6.54 Å². The SMILES string of the molecule is O=C(c1ccc[nH]1)N1CCN(Cc2ccc3c(c2)OCO3)CC1. The maximum Gasteiger partial charge on any atom is 0.270 e. The van der Waals surface area contributed by atoms with Crippen molar-refractivity contribution in [1.82, 2.24) is 14.8 Å². The number of fused-ring (bicyclic) bond motifs is 1. The molecule has 1 aromatic carbocycles. The number of hydrogen-bond donors (Lipinski definition) is 1. The molecule has 1 aromatic heterocycles. The van der Waals surface area contributed by atoms with Crippen LogP contribution in [0.1, 0.15) is 16.1 Å². The summed E-state index contributed by atoms with van der Waals surface area (Å²) in [4.78, 5) is 19.5. The first-order chi connectivity index (χ1) is 11.3. The lowest BCUT2D eigenvalue weighted by Gasteiger charge is -2.34. The van der Waals surface area contributed by atoms with Crippen LogP contribution in [0.3, 0.4) is 0 Å². The van der Waals surface area contributed by atoms with E-state index in [4.69, 9.17) is 9.47 Å². The molecule has 2 aliphatic rings. The standard InChI is InChI=1S/C17H19N3O3/c21-17(14-2-1-5-18-14)20-8-6-19(7-9-20)11-13-3-4-15-16(10-13)23-12-22-15/h1-5,10,18H,6-9,11-12H2. The summed E-state index contributed by atoms with van der Waals surface area (Å²) in [7, 11) is 0. The van der Waals surface area contributed by atoms with Crippen LogP contribution in [0.25, 0.3) is 0 Å². The summed E-state index contributed by atoms with van der Waals surface area (Å²) in [6.45, 7) is 4.42. The first-order valence-corrected chi connectivity index (χ1v) is 7.83. The minimum Gasteiger partial charge on any atom is -0.454 e. The number of ether oxygens (including phenoxy) is 2. The minimum atomic E-state index is 0.0812. The van der Waals surface area contributed by atoms with Crippen LogP contribution in [0, 0.1) is 0 Å². The molecule has 0 bridgehead atoms. The van der Waals surface area contributed by atoms with Crippen LogP contribution in [0.5, 0.6) is 11.5 Å². The molecule has 0 saturated carbocycles. The van der Waals surface area contributed by atoms with E-state index in [2.05, 4.69) is 16.0 Å². The van der Waals surface area contributed by atoms with Crippen molar-refractivity contribution in [2.24, 2.45) is 0 Å². The van der Waals surface area contributed by atoms with Gasteiger partial charge in [0, 0.05) is 38.9 Å². The summed E-state index contributed by atoms with van der Waals surface area (Å²) in [5.41, 5.74) is 1.87. The summed E-state index contributed by atoms with van der Waals surface area (Å²) >= 11 is 0. The third-order valence-electron chi connectivity index (χ3n) is 4.33. The Labute approximate surface area is 134 Å². The van der Waals surface area contributed by atoms with Gasteiger partial charge in [-0.25, -0.2) is 0 Å². The molecule has 1 amide bonds. The third kappa shape index (κ3) is 2.90. The molecule has 1 fully saturated rings. The summed E-state index contributed by atoms with van der Waals surface area (Å²) < 4.78 is 10.8. The molecule has 2 aliphatic heterocycles. The van der Waals surface area contributed by atoms with Crippen molar-refractivity contribution in [3.05, 3.63) is 47.8 Å². The molecular weight excluding hydrogens is 294 g/mol. The van der Waals surface area contributed by atoms with E-state index in [9.17, 15) is 4.79 Å². The number of nitrogens with zero attached hydrogens (tertiary/aromatic N) is 2. The van der Waals surface area contributed by atoms with Crippen LogP contribution in [0.4, 0.5) is 0 Å². The molecule has 0 atom stereocenters. The number of carbonyl (C=O) groups is 1. The van der Waals surface area contributed by atoms with E-state index in [1.807, 2.05) is 29.2 Å². The number of carbonyl (C=O) groups excluding carboxylic acids is 1. The Hall–Kier alpha value is -2.47. The van der Waals surface area contributed by atoms with Gasteiger partial charge < -0.3 is 19.4 Å². The lowest BCUT2D eigenvalue weighted by atomic mass is 10.1. The van der Waals surface area contributed by atoms with E-state index in [0.29, 0.717) is 12.5 Å². The average Bonchev–Trinajstić information content (AvgIpc) is 3.26. The van der Waals surface area contributed by atoms with Gasteiger partial charge in [-0.2, -0.15) is 0 Å². The van der Waals surface area contributed by atoms with Crippen molar-refractivity contribution in [3.8, 4) is 11.5 Å². The predicted molar refractivity (Wildman–Crippen MR) is 84.5 cm³/mol. The Morgan fingerprint density at radius 2 is 1.91 bits per heavy atom. The number of rotatable bonds is 3. The number of amides is 1. The van der Waals surface area contributed by atoms with Gasteiger partial charge in [0.1, 0.15) is 5.69 Å². The van der Waals surface area contributed by atoms with Crippen LogP contribution in [-0.4, -0.2) is 53.7 Å². The summed E-state index contributed by atoms with van der Waals surface area (Å²) in [6.07, 6.45) is 1.78. The first kappa shape index (κ1) is 14.1. The van der Waals surface area contributed by atoms with Gasteiger partial charge in [0.15, 0.2) is 11.5 Å². The smallest absolute Gasteiger partial charge is 0.270 e. The molecule has 0 aliphatic carbocycles. The van der Waals surface area contributed by atoms with Gasteiger partial charge in [-0.15, -0.1) is 0 Å². The second kappa shape index (κ2) is 5.96. The monoisotopic (exact) mass is 313 g/mol. The minimum absolute atomic E-state index is 0.0812. The number of H-pyrrole nitrogens is 1. The Bertz CT molecular complexity index is 691. The average molecular weight is 313 g/mol. The number of piperazine rings is 1. The van der Waals surface area contributed by atoms with Crippen molar-refractivity contribution in [3.63, 3.8) is 0 Å². The van der Waals surface area contributed by atoms with E-state index in [1.54, 1.807) is 6.20 Å². The van der Waals surface area contributed by atoms with Gasteiger partial charge >= 0.3 is 0 Å². The topological polar surface area (TPSA) is 57.8 Å². The highest BCUT2D eigenvalue weighted by Gasteiger charge is 2.23.